The van der Waals surface area contributed by atoms with E-state index < -0.39 is 0 Å². The third-order valence-electron chi connectivity index (χ3n) is 5.62. The molecule has 1 heteroatoms. The third-order valence-corrected chi connectivity index (χ3v) is 5.62. The number of hydrogen-bond donors (Lipinski definition) is 1. The first kappa shape index (κ1) is 11.1. The molecule has 0 saturated heterocycles. The second-order valence-corrected chi connectivity index (χ2v) is 6.53. The van der Waals surface area contributed by atoms with Crippen LogP contribution in [0.5, 0.6) is 0 Å². The minimum atomic E-state index is -0.200. The highest BCUT2D eigenvalue weighted by Crippen LogP contribution is 2.61. The van der Waals surface area contributed by atoms with E-state index in [0.29, 0.717) is 11.8 Å². The summed E-state index contributed by atoms with van der Waals surface area (Å²) >= 11 is 0. The average molecular weight is 222 g/mol. The van der Waals surface area contributed by atoms with Crippen molar-refractivity contribution in [2.45, 2.75) is 76.2 Å². The summed E-state index contributed by atoms with van der Waals surface area (Å²) in [6, 6.07) is 0. The lowest BCUT2D eigenvalue weighted by Gasteiger charge is -2.23. The maximum absolute atomic E-state index is 10.6. The van der Waals surface area contributed by atoms with Crippen molar-refractivity contribution >= 4 is 0 Å². The van der Waals surface area contributed by atoms with E-state index in [1.165, 1.54) is 64.2 Å². The molecule has 0 aromatic carbocycles. The molecule has 0 heterocycles. The molecular weight excluding hydrogens is 196 g/mol. The van der Waals surface area contributed by atoms with E-state index in [1.54, 1.807) is 0 Å². The molecule has 0 amide bonds. The zero-order valence-electron chi connectivity index (χ0n) is 10.5. The van der Waals surface area contributed by atoms with E-state index in [2.05, 4.69) is 0 Å². The molecule has 1 N–H and O–H groups in total. The van der Waals surface area contributed by atoms with Crippen LogP contribution < -0.4 is 0 Å². The van der Waals surface area contributed by atoms with Crippen LogP contribution in [0.25, 0.3) is 0 Å². The van der Waals surface area contributed by atoms with Crippen LogP contribution in [0.15, 0.2) is 0 Å². The van der Waals surface area contributed by atoms with Gasteiger partial charge < -0.3 is 5.11 Å². The maximum atomic E-state index is 10.6. The lowest BCUT2D eigenvalue weighted by molar-refractivity contribution is 0.0967. The van der Waals surface area contributed by atoms with Crippen LogP contribution in [0.1, 0.15) is 70.6 Å². The number of hydrogen-bond acceptors (Lipinski definition) is 1. The fourth-order valence-electron chi connectivity index (χ4n) is 4.50. The van der Waals surface area contributed by atoms with Crippen molar-refractivity contribution in [1.29, 1.82) is 0 Å². The Morgan fingerprint density at radius 3 is 2.00 bits per heavy atom. The Kier molecular flexibility index (Phi) is 2.99. The van der Waals surface area contributed by atoms with Crippen LogP contribution in [0, 0.1) is 17.8 Å². The standard InChI is InChI=1S/C15H26O/c16-15(13-8-4-5-9-14(13)15)11-10-12-6-2-1-3-7-12/h12-14,16H,1-11H2. The fraction of sp³-hybridized carbons (Fsp3) is 1.00. The normalized spacial score (nSPS) is 44.1. The van der Waals surface area contributed by atoms with Crippen LogP contribution in [0.2, 0.25) is 0 Å². The fourth-order valence-corrected chi connectivity index (χ4v) is 4.50. The van der Waals surface area contributed by atoms with Crippen LogP contribution in [0.3, 0.4) is 0 Å². The van der Waals surface area contributed by atoms with Gasteiger partial charge in [0.25, 0.3) is 0 Å². The van der Waals surface area contributed by atoms with Crippen molar-refractivity contribution in [2.75, 3.05) is 0 Å². The van der Waals surface area contributed by atoms with E-state index in [-0.39, 0.29) is 5.60 Å². The molecule has 3 rings (SSSR count). The van der Waals surface area contributed by atoms with E-state index in [4.69, 9.17) is 0 Å². The summed E-state index contributed by atoms with van der Waals surface area (Å²) in [4.78, 5) is 0. The van der Waals surface area contributed by atoms with Crippen molar-refractivity contribution in [1.82, 2.24) is 0 Å². The molecule has 0 aliphatic heterocycles. The highest BCUT2D eigenvalue weighted by molar-refractivity contribution is 5.13. The van der Waals surface area contributed by atoms with Gasteiger partial charge in [-0.25, -0.2) is 0 Å². The lowest BCUT2D eigenvalue weighted by atomic mass is 9.85. The van der Waals surface area contributed by atoms with Gasteiger partial charge in [0, 0.05) is 0 Å². The summed E-state index contributed by atoms with van der Waals surface area (Å²) < 4.78 is 0. The summed E-state index contributed by atoms with van der Waals surface area (Å²) in [6.07, 6.45) is 15.0. The minimum Gasteiger partial charge on any atom is -0.389 e. The Hall–Kier alpha value is -0.0400. The van der Waals surface area contributed by atoms with Crippen LogP contribution in [-0.2, 0) is 0 Å². The van der Waals surface area contributed by atoms with Gasteiger partial charge in [0.15, 0.2) is 0 Å². The van der Waals surface area contributed by atoms with Gasteiger partial charge in [-0.3, -0.25) is 0 Å². The molecule has 0 radical (unpaired) electrons. The zero-order chi connectivity index (χ0) is 11.0. The number of rotatable bonds is 3. The summed E-state index contributed by atoms with van der Waals surface area (Å²) in [5.41, 5.74) is -0.200. The summed E-state index contributed by atoms with van der Waals surface area (Å²) in [5.74, 6) is 2.34. The van der Waals surface area contributed by atoms with Gasteiger partial charge in [0.1, 0.15) is 0 Å². The van der Waals surface area contributed by atoms with Crippen LogP contribution in [0.4, 0.5) is 0 Å². The van der Waals surface area contributed by atoms with Crippen molar-refractivity contribution in [3.63, 3.8) is 0 Å². The topological polar surface area (TPSA) is 20.2 Å². The quantitative estimate of drug-likeness (QED) is 0.768. The monoisotopic (exact) mass is 222 g/mol. The molecular formula is C15H26O. The van der Waals surface area contributed by atoms with E-state index >= 15 is 0 Å². The third kappa shape index (κ3) is 1.92. The summed E-state index contributed by atoms with van der Waals surface area (Å²) in [5, 5.41) is 10.6. The molecule has 0 bridgehead atoms. The molecule has 2 atom stereocenters. The predicted molar refractivity (Wildman–Crippen MR) is 66.2 cm³/mol. The highest BCUT2D eigenvalue weighted by Gasteiger charge is 2.62. The molecule has 0 aromatic rings. The van der Waals surface area contributed by atoms with Gasteiger partial charge >= 0.3 is 0 Å². The Bertz CT molecular complexity index is 230. The SMILES string of the molecule is OC1(CCC2CCCCC2)C2CCCCC21. The van der Waals surface area contributed by atoms with Gasteiger partial charge in [0.05, 0.1) is 5.60 Å². The molecule has 3 aliphatic carbocycles. The Balaban J connectivity index is 1.48. The van der Waals surface area contributed by atoms with Gasteiger partial charge in [0.2, 0.25) is 0 Å². The van der Waals surface area contributed by atoms with Crippen molar-refractivity contribution in [2.24, 2.45) is 17.8 Å². The Morgan fingerprint density at radius 1 is 0.812 bits per heavy atom. The summed E-state index contributed by atoms with van der Waals surface area (Å²) in [7, 11) is 0. The molecule has 0 aromatic heterocycles. The minimum absolute atomic E-state index is 0.200. The lowest BCUT2D eigenvalue weighted by Crippen LogP contribution is -2.16. The van der Waals surface area contributed by atoms with Gasteiger partial charge in [-0.05, 0) is 43.4 Å². The van der Waals surface area contributed by atoms with Gasteiger partial charge in [-0.1, -0.05) is 44.9 Å². The molecule has 3 aliphatic rings. The second kappa shape index (κ2) is 4.33. The van der Waals surface area contributed by atoms with Crippen molar-refractivity contribution in [3.05, 3.63) is 0 Å². The first-order valence-electron chi connectivity index (χ1n) is 7.53. The average Bonchev–Trinajstić information content (AvgIpc) is 2.96. The van der Waals surface area contributed by atoms with Gasteiger partial charge in [-0.2, -0.15) is 0 Å². The van der Waals surface area contributed by atoms with Crippen molar-refractivity contribution < 1.29 is 5.11 Å². The predicted octanol–water partition coefficient (Wildman–Crippen LogP) is 3.90. The van der Waals surface area contributed by atoms with Gasteiger partial charge in [-0.15, -0.1) is 0 Å². The molecule has 3 saturated carbocycles. The maximum Gasteiger partial charge on any atom is 0.0711 e. The molecule has 92 valence electrons. The van der Waals surface area contributed by atoms with Crippen LogP contribution >= 0.6 is 0 Å². The first-order valence-corrected chi connectivity index (χ1v) is 7.53. The summed E-state index contributed by atoms with van der Waals surface area (Å²) in [6.45, 7) is 0. The largest absolute Gasteiger partial charge is 0.389 e. The molecule has 1 nitrogen and oxygen atoms in total. The first-order chi connectivity index (χ1) is 7.81. The van der Waals surface area contributed by atoms with Crippen LogP contribution in [-0.4, -0.2) is 10.7 Å². The molecule has 2 unspecified atom stereocenters. The Morgan fingerprint density at radius 2 is 1.38 bits per heavy atom. The zero-order valence-corrected chi connectivity index (χ0v) is 10.5. The van der Waals surface area contributed by atoms with Crippen molar-refractivity contribution in [3.8, 4) is 0 Å². The van der Waals surface area contributed by atoms with E-state index in [1.807, 2.05) is 0 Å². The highest BCUT2D eigenvalue weighted by atomic mass is 16.3. The molecule has 0 spiro atoms. The molecule has 3 fully saturated rings. The smallest absolute Gasteiger partial charge is 0.0711 e. The van der Waals surface area contributed by atoms with E-state index in [9.17, 15) is 5.11 Å². The van der Waals surface area contributed by atoms with E-state index in [0.717, 1.165) is 12.3 Å². The number of aliphatic hydroxyl groups is 1. The number of fused-ring (bicyclic) bond motifs is 1. The Labute approximate surface area is 99.6 Å². The molecule has 16 heavy (non-hydrogen) atoms. The second-order valence-electron chi connectivity index (χ2n) is 6.53.